The van der Waals surface area contributed by atoms with Crippen molar-refractivity contribution in [1.82, 2.24) is 19.9 Å². The molecule has 4 nitrogen and oxygen atoms in total. The van der Waals surface area contributed by atoms with Gasteiger partial charge >= 0.3 is 0 Å². The lowest BCUT2D eigenvalue weighted by Gasteiger charge is -2.23. The second kappa shape index (κ2) is 13.8. The quantitative estimate of drug-likeness (QED) is 0.0644. The minimum atomic E-state index is -2.30. The molecule has 0 amide bonds. The lowest BCUT2D eigenvalue weighted by atomic mass is 9.85. The Kier molecular flexibility index (Phi) is 9.32. The maximum atomic E-state index is 15.4. The molecule has 0 saturated carbocycles. The van der Waals surface area contributed by atoms with E-state index in [1.807, 2.05) is 32.9 Å². The molecule has 278 valence electrons. The topological polar surface area (TPSA) is 63.2 Å². The van der Waals surface area contributed by atoms with Gasteiger partial charge in [-0.1, -0.05) is 17.7 Å². The molecule has 0 bridgehead atoms. The van der Waals surface area contributed by atoms with Crippen molar-refractivity contribution in [3.63, 3.8) is 0 Å². The molecule has 0 aliphatic carbocycles. The highest BCUT2D eigenvalue weighted by Gasteiger charge is 2.36. The Labute approximate surface area is 300 Å². The molecule has 0 spiro atoms. The van der Waals surface area contributed by atoms with Crippen molar-refractivity contribution in [2.75, 3.05) is 0 Å². The van der Waals surface area contributed by atoms with E-state index >= 15 is 17.6 Å². The molecule has 0 fully saturated rings. The number of nitrogens with one attached hydrogen (secondary N) is 4. The van der Waals surface area contributed by atoms with Crippen LogP contribution in [0, 0.1) is 78.9 Å². The largest absolute Gasteiger partial charge is 0.364 e. The first-order valence-corrected chi connectivity index (χ1v) is 16.5. The summed E-state index contributed by atoms with van der Waals surface area (Å²) in [4.78, 5) is 11.9. The second-order valence-electron chi connectivity index (χ2n) is 13.1. The third kappa shape index (κ3) is 5.89. The van der Waals surface area contributed by atoms with Gasteiger partial charge in [0.1, 0.15) is 0 Å². The Morgan fingerprint density at radius 1 is 0.370 bits per heavy atom. The van der Waals surface area contributed by atoms with Crippen LogP contribution in [0.1, 0.15) is 85.3 Å². The number of aromatic amines is 4. The number of hydrogen-bond acceptors (Lipinski definition) is 0. The molecule has 2 unspecified atom stereocenters. The van der Waals surface area contributed by atoms with Crippen molar-refractivity contribution in [3.05, 3.63) is 199 Å². The molecule has 4 aromatic heterocycles. The van der Waals surface area contributed by atoms with Gasteiger partial charge in [0.05, 0.1) is 17.8 Å². The van der Waals surface area contributed by atoms with E-state index < -0.39 is 87.1 Å². The van der Waals surface area contributed by atoms with Gasteiger partial charge in [-0.05, 0) is 86.0 Å². The average molecular weight is 755 g/mol. The molecule has 14 heteroatoms. The second-order valence-corrected chi connectivity index (χ2v) is 13.1. The number of rotatable bonds is 9. The van der Waals surface area contributed by atoms with Crippen LogP contribution >= 0.6 is 0 Å². The maximum absolute atomic E-state index is 15.4. The number of H-pyrrole nitrogens is 4. The van der Waals surface area contributed by atoms with Crippen LogP contribution in [0.5, 0.6) is 0 Å². The van der Waals surface area contributed by atoms with Gasteiger partial charge in [0, 0.05) is 57.7 Å². The Balaban J connectivity index is 1.43. The van der Waals surface area contributed by atoms with Crippen molar-refractivity contribution in [2.45, 2.75) is 38.5 Å². The van der Waals surface area contributed by atoms with Crippen LogP contribution in [0.4, 0.5) is 43.9 Å². The van der Waals surface area contributed by atoms with Gasteiger partial charge in [-0.25, -0.2) is 43.9 Å². The average Bonchev–Trinajstić information content (AvgIpc) is 3.99. The van der Waals surface area contributed by atoms with Crippen LogP contribution in [0.15, 0.2) is 73.1 Å². The van der Waals surface area contributed by atoms with Crippen molar-refractivity contribution in [3.8, 4) is 0 Å². The Morgan fingerprint density at radius 3 is 0.963 bits per heavy atom. The number of aryl methyl sites for hydroxylation is 3. The Morgan fingerprint density at radius 2 is 0.667 bits per heavy atom. The summed E-state index contributed by atoms with van der Waals surface area (Å²) in [6.07, 6.45) is 2.84. The molecule has 2 atom stereocenters. The van der Waals surface area contributed by atoms with E-state index in [9.17, 15) is 26.3 Å². The molecular weight excluding hydrogens is 726 g/mol. The fraction of sp³-hybridized carbons (Fsp3) is 0.150. The summed E-state index contributed by atoms with van der Waals surface area (Å²) in [5.41, 5.74) is 2.02. The first kappa shape index (κ1) is 36.4. The van der Waals surface area contributed by atoms with Crippen molar-refractivity contribution in [1.29, 1.82) is 0 Å². The third-order valence-corrected chi connectivity index (χ3v) is 9.66. The monoisotopic (exact) mass is 754 g/mol. The SMILES string of the molecule is Cc1cc(C)c(C(c2ccc(C(c3ccc[nH]3)c3c(F)c(F)c(F)c(F)c3F)[nH]2)c2ccc(C(c3ccc[nH]3)c3c(F)c(F)c(F)c(F)c3F)[nH]2)c(C)c1. The van der Waals surface area contributed by atoms with Crippen LogP contribution < -0.4 is 0 Å². The van der Waals surface area contributed by atoms with E-state index in [-0.39, 0.29) is 22.8 Å². The maximum Gasteiger partial charge on any atom is 0.200 e. The summed E-state index contributed by atoms with van der Waals surface area (Å²) in [7, 11) is 0. The van der Waals surface area contributed by atoms with E-state index in [1.54, 1.807) is 12.1 Å². The van der Waals surface area contributed by atoms with Gasteiger partial charge in [-0.3, -0.25) is 0 Å². The van der Waals surface area contributed by atoms with Crippen LogP contribution in [0.3, 0.4) is 0 Å². The van der Waals surface area contributed by atoms with E-state index in [1.165, 1.54) is 48.8 Å². The summed E-state index contributed by atoms with van der Waals surface area (Å²) in [6.45, 7) is 5.56. The predicted molar refractivity (Wildman–Crippen MR) is 179 cm³/mol. The minimum absolute atomic E-state index is 0.0422. The Bertz CT molecular complexity index is 2290. The normalized spacial score (nSPS) is 13.4. The minimum Gasteiger partial charge on any atom is -0.364 e. The fourth-order valence-electron chi connectivity index (χ4n) is 7.41. The summed E-state index contributed by atoms with van der Waals surface area (Å²) in [6, 6.07) is 15.6. The van der Waals surface area contributed by atoms with Gasteiger partial charge in [0.15, 0.2) is 46.5 Å². The first-order chi connectivity index (χ1) is 25.7. The van der Waals surface area contributed by atoms with Crippen molar-refractivity contribution >= 4 is 0 Å². The molecule has 7 rings (SSSR count). The zero-order valence-corrected chi connectivity index (χ0v) is 28.4. The molecule has 0 saturated heterocycles. The predicted octanol–water partition coefficient (Wildman–Crippen LogP) is 10.9. The third-order valence-electron chi connectivity index (χ3n) is 9.66. The number of hydrogen-bond donors (Lipinski definition) is 4. The summed E-state index contributed by atoms with van der Waals surface area (Å²) >= 11 is 0. The zero-order valence-electron chi connectivity index (χ0n) is 28.4. The van der Waals surface area contributed by atoms with Crippen LogP contribution in [-0.2, 0) is 0 Å². The van der Waals surface area contributed by atoms with Gasteiger partial charge in [-0.15, -0.1) is 0 Å². The molecule has 4 N–H and O–H groups in total. The van der Waals surface area contributed by atoms with Gasteiger partial charge in [-0.2, -0.15) is 0 Å². The lowest BCUT2D eigenvalue weighted by molar-refractivity contribution is 0.368. The molecule has 4 heterocycles. The number of halogens is 10. The fourth-order valence-corrected chi connectivity index (χ4v) is 7.41. The van der Waals surface area contributed by atoms with Crippen molar-refractivity contribution in [2.24, 2.45) is 0 Å². The molecule has 7 aromatic rings. The lowest BCUT2D eigenvalue weighted by Crippen LogP contribution is -2.15. The van der Waals surface area contributed by atoms with Crippen LogP contribution in [0.2, 0.25) is 0 Å². The molecule has 0 aliphatic rings. The highest BCUT2D eigenvalue weighted by atomic mass is 19.2. The first-order valence-electron chi connectivity index (χ1n) is 16.5. The van der Waals surface area contributed by atoms with Gasteiger partial charge < -0.3 is 19.9 Å². The molecular formula is C40H28F10N4. The highest BCUT2D eigenvalue weighted by Crippen LogP contribution is 2.42. The standard InChI is InChI=1S/C40H28F10N4/c1-16-14-17(2)25(18(3)15-16)28(23-10-8-21(53-23)26(19-6-4-12-51-19)29-31(41)35(45)39(49)36(46)32(29)42)24-11-9-22(54-24)27(20-7-5-13-52-20)30-33(43)37(47)40(50)38(48)34(30)44/h4-15,26-28,51-54H,1-3H3. The number of benzene rings is 3. The molecule has 0 aliphatic heterocycles. The number of aromatic nitrogens is 4. The van der Waals surface area contributed by atoms with Gasteiger partial charge in [0.2, 0.25) is 11.6 Å². The smallest absolute Gasteiger partial charge is 0.200 e. The molecule has 54 heavy (non-hydrogen) atoms. The zero-order chi connectivity index (χ0) is 38.7. The Hall–Kier alpha value is -5.92. The summed E-state index contributed by atoms with van der Waals surface area (Å²) < 4.78 is 148. The van der Waals surface area contributed by atoms with E-state index in [0.29, 0.717) is 17.0 Å². The van der Waals surface area contributed by atoms with Crippen molar-refractivity contribution < 1.29 is 43.9 Å². The summed E-state index contributed by atoms with van der Waals surface area (Å²) in [5.74, 6) is -25.0. The molecule has 3 aromatic carbocycles. The van der Waals surface area contributed by atoms with Crippen LogP contribution in [0.25, 0.3) is 0 Å². The van der Waals surface area contributed by atoms with E-state index in [0.717, 1.165) is 16.7 Å². The molecule has 0 radical (unpaired) electrons. The van der Waals surface area contributed by atoms with Crippen LogP contribution in [-0.4, -0.2) is 19.9 Å². The highest BCUT2D eigenvalue weighted by molar-refractivity contribution is 5.51. The summed E-state index contributed by atoms with van der Waals surface area (Å²) in [5, 5.41) is 0. The van der Waals surface area contributed by atoms with Gasteiger partial charge in [0.25, 0.3) is 0 Å². The van der Waals surface area contributed by atoms with E-state index in [4.69, 9.17) is 0 Å². The van der Waals surface area contributed by atoms with E-state index in [2.05, 4.69) is 19.9 Å².